The molecule has 2 fully saturated rings. The number of hydrogen-bond donors (Lipinski definition) is 0. The number of rotatable bonds is 3. The van der Waals surface area contributed by atoms with Crippen LogP contribution in [0.2, 0.25) is 0 Å². The van der Waals surface area contributed by atoms with Crippen LogP contribution in [0.25, 0.3) is 0 Å². The number of nitrogens with zero attached hydrogens (tertiary/aromatic N) is 2. The second kappa shape index (κ2) is 6.44. The molecule has 1 aromatic heterocycles. The van der Waals surface area contributed by atoms with Gasteiger partial charge >= 0.3 is 0 Å². The van der Waals surface area contributed by atoms with Gasteiger partial charge in [0.1, 0.15) is 6.26 Å². The molecule has 20 heavy (non-hydrogen) atoms. The highest BCUT2D eigenvalue weighted by Gasteiger charge is 2.24. The Morgan fingerprint density at radius 1 is 1.15 bits per heavy atom. The Hall–Kier alpha value is -1.29. The largest absolute Gasteiger partial charge is 0.472 e. The summed E-state index contributed by atoms with van der Waals surface area (Å²) in [6.45, 7) is 5.55. The predicted octanol–water partition coefficient (Wildman–Crippen LogP) is 2.62. The first-order valence-corrected chi connectivity index (χ1v) is 7.87. The fourth-order valence-corrected chi connectivity index (χ4v) is 3.45. The molecule has 110 valence electrons. The standard InChI is InChI=1S/C16H24N2O2/c19-16(15-6-11-20-13-15)18-9-3-4-14(5-10-18)12-17-7-1-2-8-17/h6,11,13-14H,1-5,7-10,12H2. The first kappa shape index (κ1) is 13.7. The van der Waals surface area contributed by atoms with Gasteiger partial charge in [0.05, 0.1) is 11.8 Å². The maximum absolute atomic E-state index is 12.3. The molecule has 0 radical (unpaired) electrons. The van der Waals surface area contributed by atoms with Crippen LogP contribution in [0.5, 0.6) is 0 Å². The van der Waals surface area contributed by atoms with Crippen molar-refractivity contribution in [3.8, 4) is 0 Å². The van der Waals surface area contributed by atoms with E-state index in [1.54, 1.807) is 18.6 Å². The van der Waals surface area contributed by atoms with Gasteiger partial charge in [-0.1, -0.05) is 0 Å². The Labute approximate surface area is 120 Å². The van der Waals surface area contributed by atoms with Crippen molar-refractivity contribution in [2.45, 2.75) is 32.1 Å². The van der Waals surface area contributed by atoms with Crippen molar-refractivity contribution in [3.63, 3.8) is 0 Å². The lowest BCUT2D eigenvalue weighted by Gasteiger charge is -2.22. The van der Waals surface area contributed by atoms with Crippen LogP contribution in [0, 0.1) is 5.92 Å². The smallest absolute Gasteiger partial charge is 0.257 e. The average molecular weight is 276 g/mol. The summed E-state index contributed by atoms with van der Waals surface area (Å²) in [5, 5.41) is 0. The fourth-order valence-electron chi connectivity index (χ4n) is 3.45. The maximum atomic E-state index is 12.3. The summed E-state index contributed by atoms with van der Waals surface area (Å²) < 4.78 is 5.01. The van der Waals surface area contributed by atoms with Gasteiger partial charge in [-0.05, 0) is 57.2 Å². The molecule has 2 aliphatic rings. The molecule has 0 bridgehead atoms. The molecule has 0 aliphatic carbocycles. The van der Waals surface area contributed by atoms with E-state index in [0.29, 0.717) is 5.56 Å². The molecule has 1 atom stereocenters. The van der Waals surface area contributed by atoms with Crippen LogP contribution in [-0.4, -0.2) is 48.4 Å². The van der Waals surface area contributed by atoms with Gasteiger partial charge in [-0.25, -0.2) is 0 Å². The van der Waals surface area contributed by atoms with E-state index in [1.807, 2.05) is 4.90 Å². The van der Waals surface area contributed by atoms with Crippen molar-refractivity contribution < 1.29 is 9.21 Å². The Morgan fingerprint density at radius 3 is 2.75 bits per heavy atom. The lowest BCUT2D eigenvalue weighted by atomic mass is 10.0. The number of carbonyl (C=O) groups excluding carboxylic acids is 1. The Balaban J connectivity index is 1.52. The zero-order chi connectivity index (χ0) is 13.8. The molecular weight excluding hydrogens is 252 g/mol. The summed E-state index contributed by atoms with van der Waals surface area (Å²) in [5.74, 6) is 0.885. The van der Waals surface area contributed by atoms with Gasteiger partial charge in [0, 0.05) is 19.6 Å². The van der Waals surface area contributed by atoms with Crippen molar-refractivity contribution in [2.75, 3.05) is 32.7 Å². The zero-order valence-electron chi connectivity index (χ0n) is 12.1. The molecule has 0 aromatic carbocycles. The summed E-state index contributed by atoms with van der Waals surface area (Å²) in [4.78, 5) is 16.9. The SMILES string of the molecule is O=C(c1ccoc1)N1CCCC(CN2CCCC2)CC1. The van der Waals surface area contributed by atoms with Crippen LogP contribution < -0.4 is 0 Å². The van der Waals surface area contributed by atoms with E-state index in [0.717, 1.165) is 31.8 Å². The van der Waals surface area contributed by atoms with Crippen LogP contribution in [0.4, 0.5) is 0 Å². The highest BCUT2D eigenvalue weighted by molar-refractivity contribution is 5.93. The number of furan rings is 1. The van der Waals surface area contributed by atoms with Gasteiger partial charge in [-0.15, -0.1) is 0 Å². The summed E-state index contributed by atoms with van der Waals surface area (Å²) in [6.07, 6.45) is 9.36. The topological polar surface area (TPSA) is 36.7 Å². The molecule has 0 saturated carbocycles. The van der Waals surface area contributed by atoms with E-state index in [1.165, 1.54) is 38.9 Å². The van der Waals surface area contributed by atoms with Crippen LogP contribution in [0.15, 0.2) is 23.0 Å². The third-order valence-corrected chi connectivity index (χ3v) is 4.62. The molecule has 4 heteroatoms. The minimum atomic E-state index is 0.126. The van der Waals surface area contributed by atoms with E-state index < -0.39 is 0 Å². The van der Waals surface area contributed by atoms with E-state index in [4.69, 9.17) is 4.42 Å². The van der Waals surface area contributed by atoms with Gasteiger partial charge in [0.15, 0.2) is 0 Å². The minimum absolute atomic E-state index is 0.126. The first-order chi connectivity index (χ1) is 9.83. The van der Waals surface area contributed by atoms with Crippen molar-refractivity contribution in [1.29, 1.82) is 0 Å². The molecule has 0 N–H and O–H groups in total. The molecule has 4 nitrogen and oxygen atoms in total. The third-order valence-electron chi connectivity index (χ3n) is 4.62. The van der Waals surface area contributed by atoms with Crippen molar-refractivity contribution in [3.05, 3.63) is 24.2 Å². The van der Waals surface area contributed by atoms with E-state index in [-0.39, 0.29) is 5.91 Å². The molecule has 1 unspecified atom stereocenters. The van der Waals surface area contributed by atoms with E-state index in [9.17, 15) is 4.79 Å². The quantitative estimate of drug-likeness (QED) is 0.851. The Morgan fingerprint density at radius 2 is 2.00 bits per heavy atom. The van der Waals surface area contributed by atoms with E-state index >= 15 is 0 Å². The zero-order valence-corrected chi connectivity index (χ0v) is 12.1. The summed E-state index contributed by atoms with van der Waals surface area (Å²) >= 11 is 0. The first-order valence-electron chi connectivity index (χ1n) is 7.87. The second-order valence-corrected chi connectivity index (χ2v) is 6.11. The van der Waals surface area contributed by atoms with Crippen molar-refractivity contribution in [1.82, 2.24) is 9.80 Å². The van der Waals surface area contributed by atoms with Crippen molar-refractivity contribution in [2.24, 2.45) is 5.92 Å². The number of amides is 1. The highest BCUT2D eigenvalue weighted by atomic mass is 16.3. The number of hydrogen-bond acceptors (Lipinski definition) is 3. The molecule has 0 spiro atoms. The van der Waals surface area contributed by atoms with Gasteiger partial charge in [-0.2, -0.15) is 0 Å². The van der Waals surface area contributed by atoms with Crippen LogP contribution in [0.3, 0.4) is 0 Å². The van der Waals surface area contributed by atoms with Crippen LogP contribution >= 0.6 is 0 Å². The molecule has 1 amide bonds. The third kappa shape index (κ3) is 3.23. The molecule has 3 rings (SSSR count). The second-order valence-electron chi connectivity index (χ2n) is 6.11. The normalized spacial score (nSPS) is 24.8. The number of carbonyl (C=O) groups is 1. The van der Waals surface area contributed by atoms with Gasteiger partial charge in [0.25, 0.3) is 5.91 Å². The molecule has 1 aromatic rings. The summed E-state index contributed by atoms with van der Waals surface area (Å²) in [6, 6.07) is 1.76. The monoisotopic (exact) mass is 276 g/mol. The number of likely N-dealkylation sites (tertiary alicyclic amines) is 2. The predicted molar refractivity (Wildman–Crippen MR) is 77.6 cm³/mol. The lowest BCUT2D eigenvalue weighted by Crippen LogP contribution is -2.32. The average Bonchev–Trinajstić information content (AvgIpc) is 3.10. The summed E-state index contributed by atoms with van der Waals surface area (Å²) in [5.41, 5.74) is 0.683. The Kier molecular flexibility index (Phi) is 4.41. The minimum Gasteiger partial charge on any atom is -0.472 e. The van der Waals surface area contributed by atoms with Gasteiger partial charge < -0.3 is 14.2 Å². The molecule has 2 aliphatic heterocycles. The lowest BCUT2D eigenvalue weighted by molar-refractivity contribution is 0.0758. The highest BCUT2D eigenvalue weighted by Crippen LogP contribution is 2.22. The van der Waals surface area contributed by atoms with Gasteiger partial charge in [0.2, 0.25) is 0 Å². The fraction of sp³-hybridized carbons (Fsp3) is 0.688. The molecule has 3 heterocycles. The Bertz CT molecular complexity index is 424. The van der Waals surface area contributed by atoms with Crippen molar-refractivity contribution >= 4 is 5.91 Å². The molecular formula is C16H24N2O2. The van der Waals surface area contributed by atoms with Crippen LogP contribution in [-0.2, 0) is 0 Å². The maximum Gasteiger partial charge on any atom is 0.257 e. The van der Waals surface area contributed by atoms with Crippen LogP contribution in [0.1, 0.15) is 42.5 Å². The molecule has 2 saturated heterocycles. The van der Waals surface area contributed by atoms with Gasteiger partial charge in [-0.3, -0.25) is 4.79 Å². The van der Waals surface area contributed by atoms with E-state index in [2.05, 4.69) is 4.90 Å². The summed E-state index contributed by atoms with van der Waals surface area (Å²) in [7, 11) is 0.